The lowest BCUT2D eigenvalue weighted by atomic mass is 10.2. The van der Waals surface area contributed by atoms with Crippen molar-refractivity contribution >= 4 is 11.6 Å². The van der Waals surface area contributed by atoms with E-state index in [4.69, 9.17) is 11.6 Å². The summed E-state index contributed by atoms with van der Waals surface area (Å²) in [5.74, 6) is 0. The van der Waals surface area contributed by atoms with Gasteiger partial charge in [-0.3, -0.25) is 0 Å². The lowest BCUT2D eigenvalue weighted by Crippen LogP contribution is -1.74. The van der Waals surface area contributed by atoms with Crippen LogP contribution in [0.1, 0.15) is 46.0 Å². The Morgan fingerprint density at radius 1 is 1.30 bits per heavy atom. The molecule has 0 N–H and O–H groups in total. The van der Waals surface area contributed by atoms with Crippen molar-refractivity contribution in [3.63, 3.8) is 0 Å². The molecule has 0 aliphatic heterocycles. The van der Waals surface area contributed by atoms with E-state index >= 15 is 0 Å². The van der Waals surface area contributed by atoms with Crippen LogP contribution in [-0.2, 0) is 0 Å². The monoisotopic (exact) mass is 160 g/mol. The fraction of sp³-hybridized carbons (Fsp3) is 0.778. The first-order chi connectivity index (χ1) is 4.81. The highest BCUT2D eigenvalue weighted by molar-refractivity contribution is 6.29. The summed E-state index contributed by atoms with van der Waals surface area (Å²) in [4.78, 5) is 0. The van der Waals surface area contributed by atoms with Crippen LogP contribution < -0.4 is 0 Å². The van der Waals surface area contributed by atoms with Crippen LogP contribution in [0, 0.1) is 0 Å². The molecule has 1 heteroatoms. The Kier molecular flexibility index (Phi) is 7.16. The third kappa shape index (κ3) is 6.15. The van der Waals surface area contributed by atoms with Gasteiger partial charge in [-0.25, -0.2) is 0 Å². The van der Waals surface area contributed by atoms with Crippen LogP contribution in [-0.4, -0.2) is 0 Å². The molecule has 0 nitrogen and oxygen atoms in total. The molecule has 0 aromatic heterocycles. The van der Waals surface area contributed by atoms with Crippen LogP contribution in [0.5, 0.6) is 0 Å². The SMILES string of the molecule is CCC/C=C(/Cl)CCCC. The third-order valence-corrected chi connectivity index (χ3v) is 1.77. The molecule has 0 saturated carbocycles. The number of hydrogen-bond acceptors (Lipinski definition) is 0. The van der Waals surface area contributed by atoms with E-state index in [1.165, 1.54) is 19.3 Å². The molecule has 0 bridgehead atoms. The second kappa shape index (κ2) is 7.14. The molecule has 0 aliphatic carbocycles. The fourth-order valence-corrected chi connectivity index (χ4v) is 0.991. The van der Waals surface area contributed by atoms with Gasteiger partial charge in [-0.1, -0.05) is 44.4 Å². The molecule has 0 aliphatic rings. The second-order valence-corrected chi connectivity index (χ2v) is 3.03. The normalized spacial score (nSPS) is 12.1. The Morgan fingerprint density at radius 3 is 2.50 bits per heavy atom. The van der Waals surface area contributed by atoms with Crippen LogP contribution in [0.4, 0.5) is 0 Å². The van der Waals surface area contributed by atoms with Crippen LogP contribution in [0.25, 0.3) is 0 Å². The Morgan fingerprint density at radius 2 is 2.00 bits per heavy atom. The Hall–Kier alpha value is 0.0300. The van der Waals surface area contributed by atoms with Crippen molar-refractivity contribution in [2.24, 2.45) is 0 Å². The van der Waals surface area contributed by atoms with Gasteiger partial charge >= 0.3 is 0 Å². The van der Waals surface area contributed by atoms with Gasteiger partial charge in [0.2, 0.25) is 0 Å². The van der Waals surface area contributed by atoms with E-state index < -0.39 is 0 Å². The zero-order chi connectivity index (χ0) is 7.82. The highest BCUT2D eigenvalue weighted by Crippen LogP contribution is 2.12. The first kappa shape index (κ1) is 10.0. The standard InChI is InChI=1S/C9H17Cl/c1-3-5-7-9(10)8-6-4-2/h7H,3-6,8H2,1-2H3/b9-7+. The molecule has 0 rings (SSSR count). The number of rotatable bonds is 5. The van der Waals surface area contributed by atoms with Gasteiger partial charge in [-0.2, -0.15) is 0 Å². The number of halogens is 1. The van der Waals surface area contributed by atoms with Gasteiger partial charge in [0.15, 0.2) is 0 Å². The molecule has 10 heavy (non-hydrogen) atoms. The molecule has 0 radical (unpaired) electrons. The summed E-state index contributed by atoms with van der Waals surface area (Å²) in [6, 6.07) is 0. The molecule has 0 fully saturated rings. The zero-order valence-electron chi connectivity index (χ0n) is 6.99. The molecule has 0 spiro atoms. The van der Waals surface area contributed by atoms with E-state index in [0.717, 1.165) is 17.9 Å². The Labute approximate surface area is 69.3 Å². The van der Waals surface area contributed by atoms with E-state index in [1.807, 2.05) is 0 Å². The van der Waals surface area contributed by atoms with Gasteiger partial charge in [0.1, 0.15) is 0 Å². The number of allylic oxidation sites excluding steroid dienone is 2. The van der Waals surface area contributed by atoms with Crippen molar-refractivity contribution < 1.29 is 0 Å². The van der Waals surface area contributed by atoms with E-state index in [0.29, 0.717) is 0 Å². The summed E-state index contributed by atoms with van der Waals surface area (Å²) in [5, 5.41) is 1.05. The molecule has 0 amide bonds. The van der Waals surface area contributed by atoms with Gasteiger partial charge < -0.3 is 0 Å². The van der Waals surface area contributed by atoms with E-state index in [1.54, 1.807) is 0 Å². The lowest BCUT2D eigenvalue weighted by molar-refractivity contribution is 0.802. The molecule has 0 saturated heterocycles. The van der Waals surface area contributed by atoms with E-state index in [9.17, 15) is 0 Å². The lowest BCUT2D eigenvalue weighted by Gasteiger charge is -1.95. The minimum Gasteiger partial charge on any atom is -0.0895 e. The second-order valence-electron chi connectivity index (χ2n) is 2.54. The van der Waals surface area contributed by atoms with Crippen molar-refractivity contribution in [3.8, 4) is 0 Å². The molecule has 0 heterocycles. The van der Waals surface area contributed by atoms with E-state index in [-0.39, 0.29) is 0 Å². The average molecular weight is 161 g/mol. The van der Waals surface area contributed by atoms with Crippen LogP contribution in [0.15, 0.2) is 11.1 Å². The fourth-order valence-electron chi connectivity index (χ4n) is 0.749. The van der Waals surface area contributed by atoms with Crippen molar-refractivity contribution in [3.05, 3.63) is 11.1 Å². The highest BCUT2D eigenvalue weighted by atomic mass is 35.5. The van der Waals surface area contributed by atoms with E-state index in [2.05, 4.69) is 19.9 Å². The summed E-state index contributed by atoms with van der Waals surface area (Å²) < 4.78 is 0. The minimum atomic E-state index is 1.05. The summed E-state index contributed by atoms with van der Waals surface area (Å²) in [7, 11) is 0. The zero-order valence-corrected chi connectivity index (χ0v) is 7.75. The van der Waals surface area contributed by atoms with Gasteiger partial charge in [0.05, 0.1) is 0 Å². The molecule has 0 aromatic rings. The highest BCUT2D eigenvalue weighted by Gasteiger charge is 1.89. The number of hydrogen-bond donors (Lipinski definition) is 0. The quantitative estimate of drug-likeness (QED) is 0.568. The maximum atomic E-state index is 5.90. The van der Waals surface area contributed by atoms with Crippen molar-refractivity contribution in [1.29, 1.82) is 0 Å². The molecule has 60 valence electrons. The maximum absolute atomic E-state index is 5.90. The minimum absolute atomic E-state index is 1.05. The maximum Gasteiger partial charge on any atom is 0.0141 e. The first-order valence-electron chi connectivity index (χ1n) is 4.15. The smallest absolute Gasteiger partial charge is 0.0141 e. The largest absolute Gasteiger partial charge is 0.0895 e. The topological polar surface area (TPSA) is 0 Å². The third-order valence-electron chi connectivity index (χ3n) is 1.42. The van der Waals surface area contributed by atoms with Crippen molar-refractivity contribution in [2.45, 2.75) is 46.0 Å². The van der Waals surface area contributed by atoms with Gasteiger partial charge in [-0.05, 0) is 19.3 Å². The Bertz CT molecular complexity index is 94.9. The molecule has 0 atom stereocenters. The predicted molar refractivity (Wildman–Crippen MR) is 48.4 cm³/mol. The summed E-state index contributed by atoms with van der Waals surface area (Å²) in [5.41, 5.74) is 0. The molecule has 0 aromatic carbocycles. The van der Waals surface area contributed by atoms with Gasteiger partial charge in [0.25, 0.3) is 0 Å². The molecular formula is C9H17Cl. The van der Waals surface area contributed by atoms with Crippen LogP contribution >= 0.6 is 11.6 Å². The summed E-state index contributed by atoms with van der Waals surface area (Å²) in [6.07, 6.45) is 7.98. The first-order valence-corrected chi connectivity index (χ1v) is 4.53. The van der Waals surface area contributed by atoms with Gasteiger partial charge in [0, 0.05) is 5.03 Å². The Balaban J connectivity index is 3.30. The predicted octanol–water partition coefficient (Wildman–Crippen LogP) is 4.10. The summed E-state index contributed by atoms with van der Waals surface area (Å²) in [6.45, 7) is 4.35. The van der Waals surface area contributed by atoms with Gasteiger partial charge in [-0.15, -0.1) is 0 Å². The van der Waals surface area contributed by atoms with Crippen LogP contribution in [0.3, 0.4) is 0 Å². The summed E-state index contributed by atoms with van der Waals surface area (Å²) >= 11 is 5.90. The van der Waals surface area contributed by atoms with Crippen molar-refractivity contribution in [1.82, 2.24) is 0 Å². The average Bonchev–Trinajstić information content (AvgIpc) is 1.97. The number of unbranched alkanes of at least 4 members (excludes halogenated alkanes) is 2. The molecule has 0 unspecified atom stereocenters. The van der Waals surface area contributed by atoms with Crippen LogP contribution in [0.2, 0.25) is 0 Å². The molecular weight excluding hydrogens is 144 g/mol. The van der Waals surface area contributed by atoms with Crippen molar-refractivity contribution in [2.75, 3.05) is 0 Å².